The average Bonchev–Trinajstić information content (AvgIpc) is 3.85. The van der Waals surface area contributed by atoms with E-state index in [1.165, 1.54) is 15.6 Å². The number of benzene rings is 6. The van der Waals surface area contributed by atoms with Gasteiger partial charge in [-0.2, -0.15) is 0 Å². The van der Waals surface area contributed by atoms with Crippen molar-refractivity contribution >= 4 is 56.7 Å². The molecule has 6 aromatic carbocycles. The Labute approximate surface area is 338 Å². The first-order valence-electron chi connectivity index (χ1n) is 18.3. The quantitative estimate of drug-likeness (QED) is 0.0941. The van der Waals surface area contributed by atoms with Crippen molar-refractivity contribution in [3.05, 3.63) is 157 Å². The number of phenolic OH excluding ortho intramolecular Hbond substituents is 1. The number of thioether (sulfide) groups is 1. The second-order valence-corrected chi connectivity index (χ2v) is 20.0. The van der Waals surface area contributed by atoms with Crippen molar-refractivity contribution in [1.29, 1.82) is 0 Å². The van der Waals surface area contributed by atoms with E-state index in [1.807, 2.05) is 12.1 Å². The van der Waals surface area contributed by atoms with Crippen molar-refractivity contribution in [3.63, 3.8) is 0 Å². The molecular weight excluding hydrogens is 880 g/mol. The van der Waals surface area contributed by atoms with E-state index in [9.17, 15) is 5.11 Å². The van der Waals surface area contributed by atoms with Crippen molar-refractivity contribution < 1.29 is 30.6 Å². The third kappa shape index (κ3) is 6.85. The topological polar surface area (TPSA) is 58.6 Å². The van der Waals surface area contributed by atoms with E-state index in [1.54, 1.807) is 11.8 Å². The minimum Gasteiger partial charge on any atom is -0.507 e. The molecule has 7 aromatic rings. The third-order valence-corrected chi connectivity index (χ3v) is 16.2. The van der Waals surface area contributed by atoms with Crippen LogP contribution in [0.15, 0.2) is 149 Å². The summed E-state index contributed by atoms with van der Waals surface area (Å²) >= 11 is 1.80. The number of aromatic hydroxyl groups is 1. The van der Waals surface area contributed by atoms with Gasteiger partial charge in [0.25, 0.3) is 0 Å². The molecule has 0 unspecified atom stereocenters. The Hall–Kier alpha value is -4.48. The van der Waals surface area contributed by atoms with Gasteiger partial charge in [-0.25, -0.2) is 4.98 Å². The first-order chi connectivity index (χ1) is 25.6. The third-order valence-electron chi connectivity index (χ3n) is 10.4. The van der Waals surface area contributed by atoms with Crippen molar-refractivity contribution in [2.45, 2.75) is 46.1 Å². The standard InChI is InChI=1S/C47H43N2O2SSi.Pt/c1-31(2)41-30-52-46(48-41)33-18-15-17-32(27-33)38-25-16-26-42-43(38)49-45(51-42)39-28-37(29-40(44(39)50)47(3,4)5)53(34-19-9-6-10-20-34,35-21-11-7-12-22-35)36-23-13-8-14-24-36;/h6-26,28-29,31,41,50H,30H2,1-5H3;/q-1;/t41-;/m1./s1. The summed E-state index contributed by atoms with van der Waals surface area (Å²) in [5.41, 5.74) is 5.31. The summed E-state index contributed by atoms with van der Waals surface area (Å²) in [6.45, 7) is 10.9. The first-order valence-corrected chi connectivity index (χ1v) is 21.3. The molecule has 0 fully saturated rings. The zero-order valence-electron chi connectivity index (χ0n) is 31.1. The molecule has 1 aromatic heterocycles. The van der Waals surface area contributed by atoms with Crippen LogP contribution in [0.2, 0.25) is 0 Å². The van der Waals surface area contributed by atoms with Gasteiger partial charge in [0, 0.05) is 31.9 Å². The van der Waals surface area contributed by atoms with Crippen molar-refractivity contribution in [2.24, 2.45) is 10.9 Å². The van der Waals surface area contributed by atoms with Crippen molar-refractivity contribution in [2.75, 3.05) is 5.75 Å². The molecule has 1 N–H and O–H groups in total. The van der Waals surface area contributed by atoms with Gasteiger partial charge in [0.1, 0.15) is 11.3 Å². The number of nitrogens with zero attached hydrogens (tertiary/aromatic N) is 2. The Balaban J connectivity index is 0.00000450. The summed E-state index contributed by atoms with van der Waals surface area (Å²) in [6, 6.07) is 53.1. The normalized spacial score (nSPS) is 14.6. The summed E-state index contributed by atoms with van der Waals surface area (Å²) in [5.74, 6) is 2.08. The Bertz CT molecular complexity index is 2340. The molecule has 274 valence electrons. The Morgan fingerprint density at radius 3 is 1.85 bits per heavy atom. The van der Waals surface area contributed by atoms with E-state index in [-0.39, 0.29) is 32.2 Å². The van der Waals surface area contributed by atoms with E-state index >= 15 is 0 Å². The van der Waals surface area contributed by atoms with Crippen LogP contribution in [0.3, 0.4) is 0 Å². The number of aliphatic imine (C=N–C) groups is 1. The maximum Gasteiger partial charge on any atom is 0.230 e. The number of hydrogen-bond donors (Lipinski definition) is 1. The Morgan fingerprint density at radius 1 is 0.722 bits per heavy atom. The molecule has 0 spiro atoms. The summed E-state index contributed by atoms with van der Waals surface area (Å²) in [6.07, 6.45) is 0. The van der Waals surface area contributed by atoms with Crippen LogP contribution in [0.5, 0.6) is 5.75 Å². The summed E-state index contributed by atoms with van der Waals surface area (Å²) in [5, 5.41) is 18.2. The SMILES string of the molecule is CC(C)[C@H]1CSC(c2[c-]c(-c3cccc4oc(-c5cc([Si](c6ccccc6)(c6ccccc6)c6ccccc6)cc(C(C)(C)C)c5O)nc34)ccc2)=N1.[Pt]. The number of aromatic nitrogens is 1. The van der Waals surface area contributed by atoms with Gasteiger partial charge in [-0.3, -0.25) is 0 Å². The zero-order chi connectivity index (χ0) is 36.7. The second kappa shape index (κ2) is 15.3. The summed E-state index contributed by atoms with van der Waals surface area (Å²) in [4.78, 5) is 10.2. The van der Waals surface area contributed by atoms with E-state index in [0.717, 1.165) is 43.8 Å². The molecule has 7 heteroatoms. The predicted molar refractivity (Wildman–Crippen MR) is 225 cm³/mol. The fraction of sp³-hybridized carbons (Fsp3) is 0.191. The minimum atomic E-state index is -2.93. The van der Waals surface area contributed by atoms with Gasteiger partial charge < -0.3 is 14.5 Å². The number of fused-ring (bicyclic) bond motifs is 1. The Morgan fingerprint density at radius 2 is 1.30 bits per heavy atom. The number of para-hydroxylation sites is 1. The van der Waals surface area contributed by atoms with Crippen LogP contribution >= 0.6 is 11.8 Å². The molecule has 54 heavy (non-hydrogen) atoms. The van der Waals surface area contributed by atoms with E-state index < -0.39 is 8.07 Å². The van der Waals surface area contributed by atoms with Gasteiger partial charge in [-0.15, -0.1) is 41.6 Å². The van der Waals surface area contributed by atoms with Gasteiger partial charge in [0.2, 0.25) is 5.89 Å². The maximum absolute atomic E-state index is 12.2. The molecule has 8 rings (SSSR count). The molecule has 1 aliphatic heterocycles. The van der Waals surface area contributed by atoms with Gasteiger partial charge in [0.15, 0.2) is 8.07 Å². The van der Waals surface area contributed by atoms with Crippen LogP contribution in [0, 0.1) is 12.0 Å². The molecule has 0 radical (unpaired) electrons. The average molecular weight is 923 g/mol. The van der Waals surface area contributed by atoms with E-state index in [2.05, 4.69) is 168 Å². The van der Waals surface area contributed by atoms with Crippen molar-refractivity contribution in [1.82, 2.24) is 4.98 Å². The van der Waals surface area contributed by atoms with E-state index in [4.69, 9.17) is 14.4 Å². The minimum absolute atomic E-state index is 0. The van der Waals surface area contributed by atoms with Gasteiger partial charge in [0.05, 0.1) is 17.1 Å². The molecule has 0 bridgehead atoms. The number of rotatable bonds is 8. The first kappa shape index (κ1) is 37.8. The fourth-order valence-corrected chi connectivity index (χ4v) is 13.6. The van der Waals surface area contributed by atoms with Crippen LogP contribution < -0.4 is 20.7 Å². The van der Waals surface area contributed by atoms with Crippen molar-refractivity contribution in [3.8, 4) is 28.3 Å². The maximum atomic E-state index is 12.2. The molecule has 0 saturated carbocycles. The van der Waals surface area contributed by atoms with Gasteiger partial charge in [-0.1, -0.05) is 155 Å². The number of phenols is 1. The number of hydrogen-bond acceptors (Lipinski definition) is 5. The molecule has 1 aliphatic rings. The van der Waals surface area contributed by atoms with Crippen LogP contribution in [0.25, 0.3) is 33.7 Å². The monoisotopic (exact) mass is 922 g/mol. The molecule has 0 saturated heterocycles. The fourth-order valence-electron chi connectivity index (χ4n) is 7.56. The molecular formula is C47H43N2O2PtSSi-. The largest absolute Gasteiger partial charge is 0.507 e. The van der Waals surface area contributed by atoms with Crippen LogP contribution in [-0.2, 0) is 26.5 Å². The summed E-state index contributed by atoms with van der Waals surface area (Å²) in [7, 11) is -2.93. The van der Waals surface area contributed by atoms with Crippen LogP contribution in [0.4, 0.5) is 0 Å². The molecule has 0 aliphatic carbocycles. The smallest absolute Gasteiger partial charge is 0.230 e. The zero-order valence-corrected chi connectivity index (χ0v) is 35.2. The second-order valence-electron chi connectivity index (χ2n) is 15.2. The predicted octanol–water partition coefficient (Wildman–Crippen LogP) is 8.86. The van der Waals surface area contributed by atoms with Gasteiger partial charge >= 0.3 is 0 Å². The van der Waals surface area contributed by atoms with Crippen LogP contribution in [-0.4, -0.2) is 35.0 Å². The van der Waals surface area contributed by atoms with Gasteiger partial charge in [-0.05, 0) is 49.8 Å². The molecule has 1 atom stereocenters. The molecule has 4 nitrogen and oxygen atoms in total. The van der Waals surface area contributed by atoms with E-state index in [0.29, 0.717) is 29.0 Å². The van der Waals surface area contributed by atoms with Crippen LogP contribution in [0.1, 0.15) is 45.7 Å². The molecule has 0 amide bonds. The Kier molecular flexibility index (Phi) is 10.7. The molecule has 2 heterocycles. The number of oxazole rings is 1. The summed E-state index contributed by atoms with van der Waals surface area (Å²) < 4.78 is 6.62.